The molecular weight excluding hydrogens is 350 g/mol. The van der Waals surface area contributed by atoms with Gasteiger partial charge in [-0.15, -0.1) is 11.3 Å². The summed E-state index contributed by atoms with van der Waals surface area (Å²) in [4.78, 5) is 6.28. The Bertz CT molecular complexity index is 650. The Hall–Kier alpha value is -1.63. The van der Waals surface area contributed by atoms with E-state index in [9.17, 15) is 0 Å². The number of thiocarbonyl (C=S) groups is 1. The highest BCUT2D eigenvalue weighted by atomic mass is 32.1. The van der Waals surface area contributed by atoms with Crippen LogP contribution in [0.25, 0.3) is 0 Å². The van der Waals surface area contributed by atoms with Gasteiger partial charge < -0.3 is 15.0 Å². The highest BCUT2D eigenvalue weighted by Crippen LogP contribution is 2.12. The summed E-state index contributed by atoms with van der Waals surface area (Å²) in [7, 11) is 1.68. The molecule has 0 amide bonds. The molecule has 0 bridgehead atoms. The molecule has 6 heteroatoms. The number of hydrogen-bond donors (Lipinski definition) is 1. The van der Waals surface area contributed by atoms with Crippen molar-refractivity contribution in [2.45, 2.75) is 13.0 Å². The Balaban J connectivity index is 1.37. The third-order valence-corrected chi connectivity index (χ3v) is 5.86. The normalized spacial score (nSPS) is 15.2. The van der Waals surface area contributed by atoms with Crippen LogP contribution in [0.3, 0.4) is 0 Å². The van der Waals surface area contributed by atoms with E-state index in [2.05, 4.69) is 44.8 Å². The zero-order valence-electron chi connectivity index (χ0n) is 14.6. The van der Waals surface area contributed by atoms with Crippen LogP contribution in [0.15, 0.2) is 41.8 Å². The van der Waals surface area contributed by atoms with Crippen molar-refractivity contribution in [1.29, 1.82) is 0 Å². The van der Waals surface area contributed by atoms with E-state index in [-0.39, 0.29) is 0 Å². The maximum atomic E-state index is 5.56. The minimum Gasteiger partial charge on any atom is -0.497 e. The third-order valence-electron chi connectivity index (χ3n) is 4.52. The molecule has 1 N–H and O–H groups in total. The lowest BCUT2D eigenvalue weighted by Gasteiger charge is -2.36. The molecule has 0 aliphatic carbocycles. The van der Waals surface area contributed by atoms with Crippen molar-refractivity contribution in [3.8, 4) is 5.75 Å². The lowest BCUT2D eigenvalue weighted by Crippen LogP contribution is -2.51. The largest absolute Gasteiger partial charge is 0.497 e. The van der Waals surface area contributed by atoms with E-state index in [0.29, 0.717) is 0 Å². The Morgan fingerprint density at radius 3 is 2.56 bits per heavy atom. The summed E-state index contributed by atoms with van der Waals surface area (Å²) in [6, 6.07) is 12.4. The van der Waals surface area contributed by atoms with E-state index < -0.39 is 0 Å². The number of hydrogen-bond acceptors (Lipinski definition) is 4. The molecule has 0 radical (unpaired) electrons. The molecule has 0 saturated carbocycles. The first kappa shape index (κ1) is 18.2. The van der Waals surface area contributed by atoms with Gasteiger partial charge in [-0.05, 0) is 47.8 Å². The average molecular weight is 376 g/mol. The zero-order chi connectivity index (χ0) is 17.5. The topological polar surface area (TPSA) is 27.7 Å². The molecule has 2 heterocycles. The molecule has 1 aliphatic rings. The smallest absolute Gasteiger partial charge is 0.169 e. The van der Waals surface area contributed by atoms with Gasteiger partial charge in [0.05, 0.1) is 7.11 Å². The van der Waals surface area contributed by atoms with Gasteiger partial charge in [0.1, 0.15) is 5.75 Å². The standard InChI is InChI=1S/C19H25N3OS2/c1-23-17-6-4-16(5-7-17)15-20-19(24)22-12-10-21(11-13-22)9-8-18-3-2-14-25-18/h2-7,14H,8-13,15H2,1H3,(H,20,24). The molecule has 1 aromatic heterocycles. The van der Waals surface area contributed by atoms with Crippen molar-refractivity contribution < 1.29 is 4.74 Å². The molecule has 1 aromatic carbocycles. The Morgan fingerprint density at radius 2 is 1.92 bits per heavy atom. The second-order valence-corrected chi connectivity index (χ2v) is 7.58. The van der Waals surface area contributed by atoms with Gasteiger partial charge in [-0.2, -0.15) is 0 Å². The van der Waals surface area contributed by atoms with E-state index in [1.54, 1.807) is 7.11 Å². The molecule has 0 spiro atoms. The maximum absolute atomic E-state index is 5.56. The van der Waals surface area contributed by atoms with Crippen LogP contribution in [0.2, 0.25) is 0 Å². The Morgan fingerprint density at radius 1 is 1.16 bits per heavy atom. The van der Waals surface area contributed by atoms with Gasteiger partial charge in [-0.3, -0.25) is 4.90 Å². The predicted octanol–water partition coefficient (Wildman–Crippen LogP) is 2.99. The van der Waals surface area contributed by atoms with Crippen LogP contribution in [0, 0.1) is 0 Å². The number of piperazine rings is 1. The summed E-state index contributed by atoms with van der Waals surface area (Å²) in [6.45, 7) is 6.05. The number of nitrogens with zero attached hydrogens (tertiary/aromatic N) is 2. The monoisotopic (exact) mass is 375 g/mol. The molecule has 1 fully saturated rings. The van der Waals surface area contributed by atoms with E-state index in [4.69, 9.17) is 17.0 Å². The first-order valence-electron chi connectivity index (χ1n) is 8.65. The summed E-state index contributed by atoms with van der Waals surface area (Å²) in [5, 5.41) is 6.38. The summed E-state index contributed by atoms with van der Waals surface area (Å²) in [6.07, 6.45) is 1.15. The fourth-order valence-corrected chi connectivity index (χ4v) is 3.88. The van der Waals surface area contributed by atoms with Crippen molar-refractivity contribution in [1.82, 2.24) is 15.1 Å². The van der Waals surface area contributed by atoms with Crippen molar-refractivity contribution in [3.05, 3.63) is 52.2 Å². The van der Waals surface area contributed by atoms with E-state index in [1.807, 2.05) is 23.5 Å². The van der Waals surface area contributed by atoms with Gasteiger partial charge in [0.25, 0.3) is 0 Å². The van der Waals surface area contributed by atoms with Crippen LogP contribution in [-0.2, 0) is 13.0 Å². The van der Waals surface area contributed by atoms with Crippen LogP contribution < -0.4 is 10.1 Å². The van der Waals surface area contributed by atoms with Gasteiger partial charge in [0, 0.05) is 44.1 Å². The molecular formula is C19H25N3OS2. The number of thiophene rings is 1. The van der Waals surface area contributed by atoms with Crippen LogP contribution in [0.1, 0.15) is 10.4 Å². The van der Waals surface area contributed by atoms with Gasteiger partial charge in [-0.1, -0.05) is 18.2 Å². The quantitative estimate of drug-likeness (QED) is 0.784. The summed E-state index contributed by atoms with van der Waals surface area (Å²) >= 11 is 7.41. The highest BCUT2D eigenvalue weighted by Gasteiger charge is 2.18. The molecule has 25 heavy (non-hydrogen) atoms. The molecule has 1 saturated heterocycles. The summed E-state index contributed by atoms with van der Waals surface area (Å²) < 4.78 is 5.18. The van der Waals surface area contributed by atoms with Crippen molar-refractivity contribution >= 4 is 28.7 Å². The van der Waals surface area contributed by atoms with Gasteiger partial charge in [0.2, 0.25) is 0 Å². The zero-order valence-corrected chi connectivity index (χ0v) is 16.2. The molecule has 1 aliphatic heterocycles. The van der Waals surface area contributed by atoms with E-state index in [1.165, 1.54) is 10.4 Å². The SMILES string of the molecule is COc1ccc(CNC(=S)N2CCN(CCc3cccs3)CC2)cc1. The number of methoxy groups -OCH3 is 1. The van der Waals surface area contributed by atoms with Crippen molar-refractivity contribution in [2.75, 3.05) is 39.8 Å². The number of rotatable bonds is 6. The van der Waals surface area contributed by atoms with Gasteiger partial charge in [-0.25, -0.2) is 0 Å². The second kappa shape index (κ2) is 9.17. The summed E-state index contributed by atoms with van der Waals surface area (Å²) in [5.41, 5.74) is 1.21. The lowest BCUT2D eigenvalue weighted by atomic mass is 10.2. The first-order valence-corrected chi connectivity index (χ1v) is 9.94. The fourth-order valence-electron chi connectivity index (χ4n) is 2.93. The van der Waals surface area contributed by atoms with Crippen LogP contribution >= 0.6 is 23.6 Å². The van der Waals surface area contributed by atoms with Crippen molar-refractivity contribution in [2.24, 2.45) is 0 Å². The highest BCUT2D eigenvalue weighted by molar-refractivity contribution is 7.80. The molecule has 0 unspecified atom stereocenters. The van der Waals surface area contributed by atoms with Gasteiger partial charge in [0.15, 0.2) is 5.11 Å². The van der Waals surface area contributed by atoms with Crippen LogP contribution in [0.4, 0.5) is 0 Å². The minimum absolute atomic E-state index is 0.751. The fraction of sp³-hybridized carbons (Fsp3) is 0.421. The second-order valence-electron chi connectivity index (χ2n) is 6.16. The van der Waals surface area contributed by atoms with Gasteiger partial charge >= 0.3 is 0 Å². The van der Waals surface area contributed by atoms with Crippen molar-refractivity contribution in [3.63, 3.8) is 0 Å². The minimum atomic E-state index is 0.751. The first-order chi connectivity index (χ1) is 12.2. The molecule has 0 atom stereocenters. The molecule has 134 valence electrons. The lowest BCUT2D eigenvalue weighted by molar-refractivity contribution is 0.183. The average Bonchev–Trinajstić information content (AvgIpc) is 3.19. The summed E-state index contributed by atoms with van der Waals surface area (Å²) in [5.74, 6) is 0.880. The third kappa shape index (κ3) is 5.42. The predicted molar refractivity (Wildman–Crippen MR) is 108 cm³/mol. The number of benzene rings is 1. The Kier molecular flexibility index (Phi) is 6.67. The maximum Gasteiger partial charge on any atom is 0.169 e. The van der Waals surface area contributed by atoms with E-state index in [0.717, 1.165) is 56.6 Å². The number of nitrogens with one attached hydrogen (secondary N) is 1. The van der Waals surface area contributed by atoms with E-state index >= 15 is 0 Å². The Labute approximate surface area is 159 Å². The van der Waals surface area contributed by atoms with Crippen LogP contribution in [0.5, 0.6) is 5.75 Å². The molecule has 4 nitrogen and oxygen atoms in total. The van der Waals surface area contributed by atoms with Crippen LogP contribution in [-0.4, -0.2) is 54.7 Å². The molecule has 3 rings (SSSR count). The number of ether oxygens (including phenoxy) is 1. The molecule has 2 aromatic rings.